The number of carbonyl (C=O) groups excluding carboxylic acids is 2. The first-order valence-corrected chi connectivity index (χ1v) is 4.53. The molecule has 0 aromatic heterocycles. The van der Waals surface area contributed by atoms with E-state index in [1.165, 1.54) is 0 Å². The highest BCUT2D eigenvalue weighted by atomic mass is 16.1. The first-order valence-electron chi connectivity index (χ1n) is 4.53. The van der Waals surface area contributed by atoms with Gasteiger partial charge in [0.1, 0.15) is 0 Å². The van der Waals surface area contributed by atoms with Gasteiger partial charge in [-0.2, -0.15) is 0 Å². The van der Waals surface area contributed by atoms with Crippen molar-refractivity contribution in [1.29, 1.82) is 0 Å². The highest BCUT2D eigenvalue weighted by molar-refractivity contribution is 6.03. The van der Waals surface area contributed by atoms with Gasteiger partial charge in [-0.25, -0.2) is 0 Å². The molecular weight excluding hydrogens is 178 g/mol. The summed E-state index contributed by atoms with van der Waals surface area (Å²) in [6, 6.07) is 3.56. The number of hydrogen-bond acceptors (Lipinski definition) is 2. The largest absolute Gasteiger partial charge is 0.326 e. The molecule has 2 rings (SSSR count). The van der Waals surface area contributed by atoms with Gasteiger partial charge in [0, 0.05) is 11.3 Å². The molecule has 1 amide bonds. The summed E-state index contributed by atoms with van der Waals surface area (Å²) in [5.41, 5.74) is 3.44. The van der Waals surface area contributed by atoms with Crippen molar-refractivity contribution in [2.75, 3.05) is 5.32 Å². The average Bonchev–Trinajstić information content (AvgIpc) is 2.46. The van der Waals surface area contributed by atoms with E-state index in [4.69, 9.17) is 0 Å². The number of fused-ring (bicyclic) bond motifs is 1. The van der Waals surface area contributed by atoms with E-state index in [0.717, 1.165) is 16.8 Å². The highest BCUT2D eigenvalue weighted by Gasteiger charge is 2.21. The lowest BCUT2D eigenvalue weighted by molar-refractivity contribution is -0.115. The maximum atomic E-state index is 11.2. The van der Waals surface area contributed by atoms with Gasteiger partial charge in [-0.1, -0.05) is 0 Å². The maximum absolute atomic E-state index is 11.2. The summed E-state index contributed by atoms with van der Waals surface area (Å²) in [5.74, 6) is 0.0495. The second-order valence-electron chi connectivity index (χ2n) is 3.55. The molecule has 1 aliphatic heterocycles. The number of nitrogens with one attached hydrogen (secondary N) is 1. The second kappa shape index (κ2) is 2.94. The predicted octanol–water partition coefficient (Wildman–Crippen LogP) is 1.69. The molecule has 0 atom stereocenters. The van der Waals surface area contributed by atoms with E-state index >= 15 is 0 Å². The van der Waals surface area contributed by atoms with Crippen LogP contribution in [0.25, 0.3) is 0 Å². The zero-order chi connectivity index (χ0) is 10.3. The molecule has 1 N–H and O–H groups in total. The van der Waals surface area contributed by atoms with Crippen LogP contribution in [-0.2, 0) is 11.2 Å². The summed E-state index contributed by atoms with van der Waals surface area (Å²) < 4.78 is 0. The van der Waals surface area contributed by atoms with Crippen molar-refractivity contribution in [2.24, 2.45) is 0 Å². The second-order valence-corrected chi connectivity index (χ2v) is 3.55. The van der Waals surface area contributed by atoms with Crippen molar-refractivity contribution in [3.8, 4) is 0 Å². The summed E-state index contributed by atoms with van der Waals surface area (Å²) in [5, 5.41) is 2.75. The van der Waals surface area contributed by atoms with Gasteiger partial charge >= 0.3 is 0 Å². The number of hydrogen-bond donors (Lipinski definition) is 1. The van der Waals surface area contributed by atoms with Crippen LogP contribution in [0.2, 0.25) is 0 Å². The summed E-state index contributed by atoms with van der Waals surface area (Å²) in [7, 11) is 0. The molecule has 0 saturated carbocycles. The number of benzene rings is 1. The monoisotopic (exact) mass is 189 g/mol. The van der Waals surface area contributed by atoms with Crippen molar-refractivity contribution >= 4 is 17.4 Å². The van der Waals surface area contributed by atoms with Gasteiger partial charge in [0.2, 0.25) is 5.91 Å². The molecule has 1 aromatic rings. The zero-order valence-corrected chi connectivity index (χ0v) is 8.18. The lowest BCUT2D eigenvalue weighted by Crippen LogP contribution is -2.03. The molecule has 0 fully saturated rings. The molecular formula is C11H11NO2. The van der Waals surface area contributed by atoms with E-state index < -0.39 is 0 Å². The number of anilines is 1. The van der Waals surface area contributed by atoms with Crippen LogP contribution in [0.5, 0.6) is 0 Å². The molecule has 72 valence electrons. The third-order valence-electron chi connectivity index (χ3n) is 2.59. The molecule has 0 radical (unpaired) electrons. The quantitative estimate of drug-likeness (QED) is 0.683. The third kappa shape index (κ3) is 1.21. The highest BCUT2D eigenvalue weighted by Crippen LogP contribution is 2.28. The first-order chi connectivity index (χ1) is 6.59. The van der Waals surface area contributed by atoms with Crippen molar-refractivity contribution < 1.29 is 9.59 Å². The predicted molar refractivity (Wildman–Crippen MR) is 53.5 cm³/mol. The number of carbonyl (C=O) groups is 2. The Labute approximate surface area is 82.1 Å². The molecule has 3 nitrogen and oxygen atoms in total. The molecule has 0 saturated heterocycles. The SMILES string of the molecule is CC(=O)c1ccc2c(c1C)CC(=O)N2. The van der Waals surface area contributed by atoms with Gasteiger partial charge < -0.3 is 5.32 Å². The Balaban J connectivity index is 2.59. The van der Waals surface area contributed by atoms with Crippen molar-refractivity contribution in [3.05, 3.63) is 28.8 Å². The van der Waals surface area contributed by atoms with E-state index in [2.05, 4.69) is 5.32 Å². The van der Waals surface area contributed by atoms with Gasteiger partial charge in [0.15, 0.2) is 5.78 Å². The van der Waals surface area contributed by atoms with Crippen LogP contribution >= 0.6 is 0 Å². The number of ketones is 1. The van der Waals surface area contributed by atoms with Crippen molar-refractivity contribution in [3.63, 3.8) is 0 Å². The Morgan fingerprint density at radius 1 is 1.43 bits per heavy atom. The lowest BCUT2D eigenvalue weighted by atomic mass is 9.98. The van der Waals surface area contributed by atoms with Crippen LogP contribution in [0, 0.1) is 6.92 Å². The minimum absolute atomic E-state index is 0.00352. The first kappa shape index (κ1) is 8.94. The molecule has 0 unspecified atom stereocenters. The number of rotatable bonds is 1. The fourth-order valence-electron chi connectivity index (χ4n) is 1.84. The Bertz CT molecular complexity index is 435. The van der Waals surface area contributed by atoms with E-state index in [9.17, 15) is 9.59 Å². The molecule has 1 aliphatic rings. The Kier molecular flexibility index (Phi) is 1.88. The number of amides is 1. The van der Waals surface area contributed by atoms with Crippen LogP contribution in [0.15, 0.2) is 12.1 Å². The summed E-state index contributed by atoms with van der Waals surface area (Å²) in [4.78, 5) is 22.4. The van der Waals surface area contributed by atoms with E-state index in [1.54, 1.807) is 19.1 Å². The van der Waals surface area contributed by atoms with Gasteiger partial charge in [-0.15, -0.1) is 0 Å². The van der Waals surface area contributed by atoms with Gasteiger partial charge in [0.05, 0.1) is 6.42 Å². The molecule has 14 heavy (non-hydrogen) atoms. The topological polar surface area (TPSA) is 46.2 Å². The van der Waals surface area contributed by atoms with Gasteiger partial charge in [-0.05, 0) is 37.1 Å². The molecule has 3 heteroatoms. The molecule has 0 bridgehead atoms. The maximum Gasteiger partial charge on any atom is 0.228 e. The van der Waals surface area contributed by atoms with Crippen LogP contribution in [0.1, 0.15) is 28.4 Å². The van der Waals surface area contributed by atoms with Crippen molar-refractivity contribution in [2.45, 2.75) is 20.3 Å². The molecule has 1 heterocycles. The minimum Gasteiger partial charge on any atom is -0.326 e. The lowest BCUT2D eigenvalue weighted by Gasteiger charge is -2.06. The Morgan fingerprint density at radius 2 is 2.14 bits per heavy atom. The van der Waals surface area contributed by atoms with E-state index in [-0.39, 0.29) is 11.7 Å². The van der Waals surface area contributed by atoms with Crippen molar-refractivity contribution in [1.82, 2.24) is 0 Å². The molecule has 0 aliphatic carbocycles. The fraction of sp³-hybridized carbons (Fsp3) is 0.273. The third-order valence-corrected chi connectivity index (χ3v) is 2.59. The van der Waals surface area contributed by atoms with Gasteiger partial charge in [0.25, 0.3) is 0 Å². The van der Waals surface area contributed by atoms with Gasteiger partial charge in [-0.3, -0.25) is 9.59 Å². The summed E-state index contributed by atoms with van der Waals surface area (Å²) in [6.07, 6.45) is 0.391. The standard InChI is InChI=1S/C11H11NO2/c1-6-8(7(2)13)3-4-10-9(6)5-11(14)12-10/h3-4H,5H2,1-2H3,(H,12,14). The summed E-state index contributed by atoms with van der Waals surface area (Å²) >= 11 is 0. The average molecular weight is 189 g/mol. The number of Topliss-reactive ketones (excluding diaryl/α,β-unsaturated/α-hetero) is 1. The van der Waals surface area contributed by atoms with Crippen LogP contribution in [0.3, 0.4) is 0 Å². The summed E-state index contributed by atoms with van der Waals surface area (Å²) in [6.45, 7) is 3.43. The Hall–Kier alpha value is -1.64. The Morgan fingerprint density at radius 3 is 2.79 bits per heavy atom. The zero-order valence-electron chi connectivity index (χ0n) is 8.18. The normalized spacial score (nSPS) is 13.7. The molecule has 1 aromatic carbocycles. The smallest absolute Gasteiger partial charge is 0.228 e. The van der Waals surface area contributed by atoms with E-state index in [1.807, 2.05) is 6.92 Å². The minimum atomic E-state index is 0.00352. The van der Waals surface area contributed by atoms with E-state index in [0.29, 0.717) is 12.0 Å². The molecule has 0 spiro atoms. The van der Waals surface area contributed by atoms with Crippen LogP contribution < -0.4 is 5.32 Å². The van der Waals surface area contributed by atoms with Crippen LogP contribution in [0.4, 0.5) is 5.69 Å². The van der Waals surface area contributed by atoms with Crippen LogP contribution in [-0.4, -0.2) is 11.7 Å². The fourth-order valence-corrected chi connectivity index (χ4v) is 1.84.